The molecule has 0 aliphatic heterocycles. The molecule has 0 atom stereocenters. The molecule has 0 bridgehead atoms. The van der Waals surface area contributed by atoms with E-state index in [0.717, 1.165) is 5.52 Å². The lowest BCUT2D eigenvalue weighted by atomic mass is 10.4. The number of thiophene rings is 1. The van der Waals surface area contributed by atoms with Crippen LogP contribution in [0.2, 0.25) is 0 Å². The third kappa shape index (κ3) is 1.74. The molecule has 0 aromatic carbocycles. The Morgan fingerprint density at radius 3 is 3.18 bits per heavy atom. The minimum atomic E-state index is -0.0764. The quantitative estimate of drug-likeness (QED) is 0.681. The van der Waals surface area contributed by atoms with Gasteiger partial charge in [0, 0.05) is 6.92 Å². The van der Waals surface area contributed by atoms with Gasteiger partial charge in [0.1, 0.15) is 4.70 Å². The van der Waals surface area contributed by atoms with E-state index in [2.05, 4.69) is 15.1 Å². The van der Waals surface area contributed by atoms with Gasteiger partial charge in [0.15, 0.2) is 5.82 Å². The number of nitrogens with zero attached hydrogens (tertiary/aromatic N) is 4. The van der Waals surface area contributed by atoms with E-state index >= 15 is 0 Å². The first kappa shape index (κ1) is 10.2. The van der Waals surface area contributed by atoms with E-state index in [-0.39, 0.29) is 12.1 Å². The van der Waals surface area contributed by atoms with Gasteiger partial charge in [-0.2, -0.15) is 4.98 Å². The van der Waals surface area contributed by atoms with Crippen molar-refractivity contribution in [3.63, 3.8) is 0 Å². The first-order valence-electron chi connectivity index (χ1n) is 4.96. The van der Waals surface area contributed by atoms with Gasteiger partial charge in [-0.25, -0.2) is 4.98 Å². The van der Waals surface area contributed by atoms with Crippen molar-refractivity contribution in [3.05, 3.63) is 39.8 Å². The lowest BCUT2D eigenvalue weighted by molar-refractivity contribution is 0.386. The number of hydrogen-bond acceptors (Lipinski definition) is 6. The molecule has 0 unspecified atom stereocenters. The Morgan fingerprint density at radius 2 is 2.41 bits per heavy atom. The fourth-order valence-electron chi connectivity index (χ4n) is 1.55. The number of rotatable bonds is 2. The summed E-state index contributed by atoms with van der Waals surface area (Å²) in [4.78, 5) is 20.3. The Kier molecular flexibility index (Phi) is 2.25. The van der Waals surface area contributed by atoms with Gasteiger partial charge in [-0.1, -0.05) is 5.16 Å². The minimum absolute atomic E-state index is 0.0764. The molecule has 17 heavy (non-hydrogen) atoms. The normalized spacial score (nSPS) is 11.1. The number of hydrogen-bond donors (Lipinski definition) is 0. The summed E-state index contributed by atoms with van der Waals surface area (Å²) in [6.45, 7) is 1.98. The fourth-order valence-corrected chi connectivity index (χ4v) is 2.34. The van der Waals surface area contributed by atoms with E-state index in [1.165, 1.54) is 22.2 Å². The first-order valence-corrected chi connectivity index (χ1v) is 5.84. The predicted molar refractivity (Wildman–Crippen MR) is 62.0 cm³/mol. The molecular weight excluding hydrogens is 240 g/mol. The van der Waals surface area contributed by atoms with Crippen LogP contribution in [-0.2, 0) is 6.54 Å². The third-order valence-electron chi connectivity index (χ3n) is 2.32. The Balaban J connectivity index is 2.06. The van der Waals surface area contributed by atoms with Crippen LogP contribution >= 0.6 is 11.3 Å². The van der Waals surface area contributed by atoms with E-state index < -0.39 is 0 Å². The van der Waals surface area contributed by atoms with Gasteiger partial charge in [0.25, 0.3) is 5.56 Å². The highest BCUT2D eigenvalue weighted by Crippen LogP contribution is 2.13. The van der Waals surface area contributed by atoms with Crippen LogP contribution in [0.1, 0.15) is 11.7 Å². The molecule has 0 saturated heterocycles. The average molecular weight is 248 g/mol. The van der Waals surface area contributed by atoms with Gasteiger partial charge < -0.3 is 4.52 Å². The van der Waals surface area contributed by atoms with Crippen molar-refractivity contribution in [1.29, 1.82) is 0 Å². The minimum Gasteiger partial charge on any atom is -0.340 e. The SMILES string of the molecule is Cc1nc(Cn2cnc3ccsc3c2=O)no1. The fraction of sp³-hybridized carbons (Fsp3) is 0.200. The Labute approximate surface area is 99.5 Å². The van der Waals surface area contributed by atoms with Crippen molar-refractivity contribution in [2.24, 2.45) is 0 Å². The Hall–Kier alpha value is -2.02. The second-order valence-corrected chi connectivity index (χ2v) is 4.46. The third-order valence-corrected chi connectivity index (χ3v) is 3.21. The van der Waals surface area contributed by atoms with Crippen molar-refractivity contribution in [2.45, 2.75) is 13.5 Å². The van der Waals surface area contributed by atoms with E-state index in [4.69, 9.17) is 4.52 Å². The van der Waals surface area contributed by atoms with Crippen LogP contribution in [0.5, 0.6) is 0 Å². The van der Waals surface area contributed by atoms with Gasteiger partial charge in [-0.05, 0) is 11.4 Å². The van der Waals surface area contributed by atoms with Crippen LogP contribution in [-0.4, -0.2) is 19.7 Å². The second-order valence-electron chi connectivity index (χ2n) is 3.54. The highest BCUT2D eigenvalue weighted by Gasteiger charge is 2.08. The average Bonchev–Trinajstić information content (AvgIpc) is 2.92. The zero-order valence-electron chi connectivity index (χ0n) is 8.95. The standard InChI is InChI=1S/C10H8N4O2S/c1-6-12-8(13-16-6)4-14-5-11-7-2-3-17-9(7)10(14)15/h2-3,5H,4H2,1H3. The van der Waals surface area contributed by atoms with Gasteiger partial charge in [0.2, 0.25) is 5.89 Å². The van der Waals surface area contributed by atoms with Crippen molar-refractivity contribution in [1.82, 2.24) is 19.7 Å². The summed E-state index contributed by atoms with van der Waals surface area (Å²) in [5.41, 5.74) is 0.646. The zero-order valence-corrected chi connectivity index (χ0v) is 9.77. The van der Waals surface area contributed by atoms with E-state index in [1.807, 2.05) is 11.4 Å². The summed E-state index contributed by atoms with van der Waals surface area (Å²) >= 11 is 1.38. The van der Waals surface area contributed by atoms with Crippen molar-refractivity contribution in [2.75, 3.05) is 0 Å². The molecule has 3 heterocycles. The summed E-state index contributed by atoms with van der Waals surface area (Å²) in [5.74, 6) is 0.959. The zero-order chi connectivity index (χ0) is 11.8. The molecule has 0 spiro atoms. The molecule has 7 heteroatoms. The molecule has 3 aromatic rings. The van der Waals surface area contributed by atoms with Crippen LogP contribution in [0.4, 0.5) is 0 Å². The Bertz CT molecular complexity index is 727. The highest BCUT2D eigenvalue weighted by atomic mass is 32.1. The summed E-state index contributed by atoms with van der Waals surface area (Å²) < 4.78 is 6.98. The molecule has 0 fully saturated rings. The molecule has 0 N–H and O–H groups in total. The summed E-state index contributed by atoms with van der Waals surface area (Å²) in [7, 11) is 0. The van der Waals surface area contributed by atoms with Gasteiger partial charge >= 0.3 is 0 Å². The van der Waals surface area contributed by atoms with Crippen molar-refractivity contribution >= 4 is 21.6 Å². The van der Waals surface area contributed by atoms with Gasteiger partial charge in [0.05, 0.1) is 18.4 Å². The number of aryl methyl sites for hydroxylation is 1. The molecule has 6 nitrogen and oxygen atoms in total. The van der Waals surface area contributed by atoms with E-state index in [9.17, 15) is 4.79 Å². The van der Waals surface area contributed by atoms with E-state index in [0.29, 0.717) is 16.4 Å². The maximum Gasteiger partial charge on any atom is 0.271 e. The van der Waals surface area contributed by atoms with Crippen LogP contribution < -0.4 is 5.56 Å². The molecule has 0 aliphatic carbocycles. The maximum absolute atomic E-state index is 12.0. The van der Waals surface area contributed by atoms with E-state index in [1.54, 1.807) is 6.92 Å². The highest BCUT2D eigenvalue weighted by molar-refractivity contribution is 7.17. The molecular formula is C10H8N4O2S. The topological polar surface area (TPSA) is 73.8 Å². The molecule has 0 amide bonds. The predicted octanol–water partition coefficient (Wildman–Crippen LogP) is 1.20. The lowest BCUT2D eigenvalue weighted by Gasteiger charge is -2.00. The van der Waals surface area contributed by atoms with Gasteiger partial charge in [-0.3, -0.25) is 9.36 Å². The summed E-state index contributed by atoms with van der Waals surface area (Å²) in [6.07, 6.45) is 1.50. The van der Waals surface area contributed by atoms with Crippen molar-refractivity contribution in [3.8, 4) is 0 Å². The number of fused-ring (bicyclic) bond motifs is 1. The molecule has 0 radical (unpaired) electrons. The second kappa shape index (κ2) is 3.77. The molecule has 3 rings (SSSR count). The molecule has 0 aliphatic rings. The van der Waals surface area contributed by atoms with Crippen LogP contribution in [0.25, 0.3) is 10.2 Å². The molecule has 3 aromatic heterocycles. The van der Waals surface area contributed by atoms with Crippen LogP contribution in [0.15, 0.2) is 27.1 Å². The lowest BCUT2D eigenvalue weighted by Crippen LogP contribution is -2.20. The summed E-state index contributed by atoms with van der Waals surface area (Å²) in [5, 5.41) is 5.60. The first-order chi connectivity index (χ1) is 8.24. The number of aromatic nitrogens is 4. The van der Waals surface area contributed by atoms with Crippen LogP contribution in [0, 0.1) is 6.92 Å². The van der Waals surface area contributed by atoms with Gasteiger partial charge in [-0.15, -0.1) is 11.3 Å². The van der Waals surface area contributed by atoms with Crippen molar-refractivity contribution < 1.29 is 4.52 Å². The maximum atomic E-state index is 12.0. The smallest absolute Gasteiger partial charge is 0.271 e. The Morgan fingerprint density at radius 1 is 1.53 bits per heavy atom. The van der Waals surface area contributed by atoms with Crippen LogP contribution in [0.3, 0.4) is 0 Å². The molecule has 86 valence electrons. The summed E-state index contributed by atoms with van der Waals surface area (Å²) in [6, 6.07) is 1.82. The monoisotopic (exact) mass is 248 g/mol. The largest absolute Gasteiger partial charge is 0.340 e. The molecule has 0 saturated carbocycles.